The highest BCUT2D eigenvalue weighted by atomic mass is 19.2. The predicted octanol–water partition coefficient (Wildman–Crippen LogP) is 6.52. The first-order chi connectivity index (χ1) is 18.1. The molecule has 1 saturated heterocycles. The van der Waals surface area contributed by atoms with E-state index in [0.717, 1.165) is 0 Å². The molecule has 1 fully saturated rings. The van der Waals surface area contributed by atoms with Gasteiger partial charge in [-0.15, -0.1) is 0 Å². The molecule has 0 unspecified atom stereocenters. The molecule has 2 aliphatic heterocycles. The van der Waals surface area contributed by atoms with E-state index in [1.165, 1.54) is 25.1 Å². The summed E-state index contributed by atoms with van der Waals surface area (Å²) in [6.07, 6.45) is 1.14. The molecule has 0 aliphatic carbocycles. The van der Waals surface area contributed by atoms with Crippen molar-refractivity contribution in [3.05, 3.63) is 64.6 Å². The molecule has 3 heterocycles. The number of aromatic amines is 1. The highest BCUT2D eigenvalue weighted by molar-refractivity contribution is 5.86. The number of fused-ring (bicyclic) bond motifs is 3. The van der Waals surface area contributed by atoms with Crippen molar-refractivity contribution in [3.8, 4) is 0 Å². The molecule has 9 heteroatoms. The van der Waals surface area contributed by atoms with Gasteiger partial charge in [0.1, 0.15) is 23.1 Å². The van der Waals surface area contributed by atoms with Crippen LogP contribution >= 0.6 is 0 Å². The number of anilines is 1. The number of H-pyrrole nitrogens is 1. The van der Waals surface area contributed by atoms with Crippen molar-refractivity contribution in [3.63, 3.8) is 0 Å². The minimum atomic E-state index is -1.58. The summed E-state index contributed by atoms with van der Waals surface area (Å²) in [6, 6.07) is 6.04. The van der Waals surface area contributed by atoms with Crippen LogP contribution in [-0.4, -0.2) is 65.4 Å². The van der Waals surface area contributed by atoms with E-state index in [2.05, 4.69) is 15.2 Å². The molecule has 0 amide bonds. The van der Waals surface area contributed by atoms with Gasteiger partial charge in [0.2, 0.25) is 0 Å². The van der Waals surface area contributed by atoms with Crippen LogP contribution in [-0.2, 0) is 6.42 Å². The summed E-state index contributed by atoms with van der Waals surface area (Å²) in [4.78, 5) is 7.09. The van der Waals surface area contributed by atoms with Gasteiger partial charge in [-0.05, 0) is 62.9 Å². The Kier molecular flexibility index (Phi) is 7.44. The Labute approximate surface area is 220 Å². The lowest BCUT2D eigenvalue weighted by atomic mass is 9.86. The average Bonchev–Trinajstić information content (AvgIpc) is 3.21. The van der Waals surface area contributed by atoms with Crippen molar-refractivity contribution in [1.82, 2.24) is 14.8 Å². The lowest BCUT2D eigenvalue weighted by Gasteiger charge is -2.43. The van der Waals surface area contributed by atoms with E-state index in [1.807, 2.05) is 6.92 Å². The normalized spacial score (nSPS) is 22.3. The third-order valence-corrected chi connectivity index (χ3v) is 8.12. The van der Waals surface area contributed by atoms with E-state index in [1.54, 1.807) is 24.0 Å². The summed E-state index contributed by atoms with van der Waals surface area (Å²) in [7, 11) is 0. The van der Waals surface area contributed by atoms with E-state index in [4.69, 9.17) is 0 Å². The Hall–Kier alpha value is -2.65. The number of benzene rings is 2. The number of hydrogen-bond donors (Lipinski definition) is 2. The molecule has 3 atom stereocenters. The summed E-state index contributed by atoms with van der Waals surface area (Å²) in [5, 5.41) is 3.58. The molecule has 0 bridgehead atoms. The summed E-state index contributed by atoms with van der Waals surface area (Å²) < 4.78 is 74.3. The standard InChI is InChI=1S/C29H35F5N4/c1-4-29(3,34)16-38-17(2)11-20-25-21(31)7-5-8-24(25)36-27(20)28(38)26-22(32)12-18(13-23(26)33)35-19-14-37(15-19)10-6-9-30/h5,7-8,12-13,17,19,28,35-36H,4,6,9-11,14-16H2,1-3H3/t17-,28-,29-/m1/s1. The number of likely N-dealkylation sites (tertiary alicyclic amines) is 1. The lowest BCUT2D eigenvalue weighted by molar-refractivity contribution is 0.0515. The van der Waals surface area contributed by atoms with Gasteiger partial charge in [-0.2, -0.15) is 0 Å². The quantitative estimate of drug-likeness (QED) is 0.307. The molecule has 38 heavy (non-hydrogen) atoms. The third kappa shape index (κ3) is 5.02. The van der Waals surface area contributed by atoms with E-state index in [9.17, 15) is 8.78 Å². The molecule has 2 aliphatic rings. The molecular formula is C29H35F5N4. The second-order valence-corrected chi connectivity index (χ2v) is 11.1. The fourth-order valence-corrected chi connectivity index (χ4v) is 5.91. The predicted molar refractivity (Wildman–Crippen MR) is 141 cm³/mol. The summed E-state index contributed by atoms with van der Waals surface area (Å²) in [5.74, 6) is -1.88. The fourth-order valence-electron chi connectivity index (χ4n) is 5.91. The maximum atomic E-state index is 15.8. The number of halogens is 5. The lowest BCUT2D eigenvalue weighted by Crippen LogP contribution is -2.54. The van der Waals surface area contributed by atoms with E-state index in [0.29, 0.717) is 60.3 Å². The van der Waals surface area contributed by atoms with Crippen LogP contribution in [0.5, 0.6) is 0 Å². The Morgan fingerprint density at radius 2 is 1.82 bits per heavy atom. The van der Waals surface area contributed by atoms with E-state index >= 15 is 13.2 Å². The maximum absolute atomic E-state index is 15.8. The first-order valence-electron chi connectivity index (χ1n) is 13.4. The van der Waals surface area contributed by atoms with Crippen molar-refractivity contribution in [1.29, 1.82) is 0 Å². The number of alkyl halides is 2. The summed E-state index contributed by atoms with van der Waals surface area (Å²) in [6.45, 7) is 6.74. The second-order valence-electron chi connectivity index (χ2n) is 11.1. The summed E-state index contributed by atoms with van der Waals surface area (Å²) in [5.41, 5.74) is 0.285. The third-order valence-electron chi connectivity index (χ3n) is 8.12. The maximum Gasteiger partial charge on any atom is 0.133 e. The van der Waals surface area contributed by atoms with Crippen molar-refractivity contribution >= 4 is 16.6 Å². The number of nitrogens with one attached hydrogen (secondary N) is 2. The number of hydrogen-bond acceptors (Lipinski definition) is 3. The smallest absolute Gasteiger partial charge is 0.133 e. The Bertz CT molecular complexity index is 1280. The zero-order chi connectivity index (χ0) is 27.2. The van der Waals surface area contributed by atoms with E-state index in [-0.39, 0.29) is 37.3 Å². The van der Waals surface area contributed by atoms with Crippen LogP contribution in [0.4, 0.5) is 27.6 Å². The fraction of sp³-hybridized carbons (Fsp3) is 0.517. The van der Waals surface area contributed by atoms with Crippen LogP contribution in [0.25, 0.3) is 10.9 Å². The first kappa shape index (κ1) is 26.9. The van der Waals surface area contributed by atoms with Gasteiger partial charge in [0.15, 0.2) is 0 Å². The minimum absolute atomic E-state index is 0.0190. The molecule has 3 aromatic rings. The molecule has 206 valence electrons. The van der Waals surface area contributed by atoms with Crippen LogP contribution < -0.4 is 5.32 Å². The topological polar surface area (TPSA) is 34.3 Å². The molecule has 4 nitrogen and oxygen atoms in total. The molecule has 1 aromatic heterocycles. The molecule has 2 aromatic carbocycles. The van der Waals surface area contributed by atoms with Gasteiger partial charge in [0.25, 0.3) is 0 Å². The SMILES string of the molecule is CC[C@@](C)(F)CN1[C@H](c2c(F)cc(NC3CN(CCCF)C3)cc2F)c2[nH]c3cccc(F)c3c2C[C@H]1C. The molecule has 5 rings (SSSR count). The molecule has 0 radical (unpaired) electrons. The van der Waals surface area contributed by atoms with Crippen molar-refractivity contribution in [2.75, 3.05) is 38.2 Å². The molecule has 2 N–H and O–H groups in total. The zero-order valence-corrected chi connectivity index (χ0v) is 22.1. The van der Waals surface area contributed by atoms with Gasteiger partial charge < -0.3 is 10.3 Å². The molecule has 0 saturated carbocycles. The molecule has 0 spiro atoms. The minimum Gasteiger partial charge on any atom is -0.380 e. The van der Waals surface area contributed by atoms with Gasteiger partial charge >= 0.3 is 0 Å². The van der Waals surface area contributed by atoms with Crippen molar-refractivity contribution in [2.24, 2.45) is 0 Å². The van der Waals surface area contributed by atoms with Gasteiger partial charge in [-0.3, -0.25) is 14.2 Å². The van der Waals surface area contributed by atoms with Gasteiger partial charge in [0.05, 0.1) is 18.8 Å². The van der Waals surface area contributed by atoms with Crippen LogP contribution in [0, 0.1) is 17.5 Å². The monoisotopic (exact) mass is 534 g/mol. The Morgan fingerprint density at radius 3 is 2.47 bits per heavy atom. The number of aromatic nitrogens is 1. The van der Waals surface area contributed by atoms with Crippen molar-refractivity contribution < 1.29 is 22.0 Å². The second kappa shape index (κ2) is 10.5. The summed E-state index contributed by atoms with van der Waals surface area (Å²) >= 11 is 0. The number of nitrogens with zero attached hydrogens (tertiary/aromatic N) is 2. The van der Waals surface area contributed by atoms with Gasteiger partial charge in [0, 0.05) is 60.1 Å². The van der Waals surface area contributed by atoms with E-state index < -0.39 is 29.2 Å². The number of rotatable bonds is 9. The van der Waals surface area contributed by atoms with Gasteiger partial charge in [-0.25, -0.2) is 17.6 Å². The average molecular weight is 535 g/mol. The Morgan fingerprint density at radius 1 is 1.11 bits per heavy atom. The van der Waals surface area contributed by atoms with Crippen LogP contribution in [0.15, 0.2) is 30.3 Å². The highest BCUT2D eigenvalue weighted by Gasteiger charge is 2.42. The first-order valence-corrected chi connectivity index (χ1v) is 13.4. The zero-order valence-electron chi connectivity index (χ0n) is 22.1. The highest BCUT2D eigenvalue weighted by Crippen LogP contribution is 2.44. The van der Waals surface area contributed by atoms with Crippen LogP contribution in [0.1, 0.15) is 56.5 Å². The van der Waals surface area contributed by atoms with Crippen LogP contribution in [0.3, 0.4) is 0 Å². The molecular weight excluding hydrogens is 499 g/mol. The van der Waals surface area contributed by atoms with Crippen molar-refractivity contribution in [2.45, 2.75) is 63.8 Å². The Balaban J connectivity index is 1.52. The largest absolute Gasteiger partial charge is 0.380 e. The van der Waals surface area contributed by atoms with Gasteiger partial charge in [-0.1, -0.05) is 13.0 Å². The van der Waals surface area contributed by atoms with Crippen LogP contribution in [0.2, 0.25) is 0 Å².